The summed E-state index contributed by atoms with van der Waals surface area (Å²) in [5.41, 5.74) is -0.0115. The number of nitro groups is 1. The van der Waals surface area contributed by atoms with Crippen molar-refractivity contribution in [3.63, 3.8) is 0 Å². The Morgan fingerprint density at radius 2 is 2.08 bits per heavy atom. The Morgan fingerprint density at radius 3 is 2.54 bits per heavy atom. The van der Waals surface area contributed by atoms with Gasteiger partial charge in [-0.25, -0.2) is 0 Å². The molecule has 0 saturated heterocycles. The van der Waals surface area contributed by atoms with Crippen LogP contribution in [0.4, 0.5) is 5.69 Å². The van der Waals surface area contributed by atoms with E-state index in [-0.39, 0.29) is 16.1 Å². The van der Waals surface area contributed by atoms with Gasteiger partial charge >= 0.3 is 0 Å². The van der Waals surface area contributed by atoms with E-state index in [0.29, 0.717) is 0 Å². The fourth-order valence-electron chi connectivity index (χ4n) is 0.981. The van der Waals surface area contributed by atoms with Gasteiger partial charge in [0.2, 0.25) is 0 Å². The molecule has 0 aromatic heterocycles. The molecule has 0 spiro atoms. The monoisotopic (exact) mass is 200 g/mol. The third-order valence-electron chi connectivity index (χ3n) is 1.63. The minimum absolute atomic E-state index is 0.0331. The van der Waals surface area contributed by atoms with E-state index in [0.717, 1.165) is 0 Å². The zero-order valence-corrected chi connectivity index (χ0v) is 7.54. The molecule has 0 N–H and O–H groups in total. The largest absolute Gasteiger partial charge is 0.768 e. The van der Waals surface area contributed by atoms with Gasteiger partial charge in [0.1, 0.15) is 0 Å². The zero-order valence-electron chi connectivity index (χ0n) is 6.72. The molecule has 1 aromatic rings. The molecule has 6 heteroatoms. The van der Waals surface area contributed by atoms with E-state index in [9.17, 15) is 18.9 Å². The average Bonchev–Trinajstić information content (AvgIpc) is 2.03. The highest BCUT2D eigenvalue weighted by Crippen LogP contribution is 2.22. The summed E-state index contributed by atoms with van der Waals surface area (Å²) in [5, 5.41) is 10.4. The first-order valence-corrected chi connectivity index (χ1v) is 4.45. The summed E-state index contributed by atoms with van der Waals surface area (Å²) in [5.74, 6) is 0. The van der Waals surface area contributed by atoms with Gasteiger partial charge in [-0.05, 0) is 24.1 Å². The molecule has 13 heavy (non-hydrogen) atoms. The van der Waals surface area contributed by atoms with Crippen molar-refractivity contribution in [1.82, 2.24) is 0 Å². The maximum absolute atomic E-state index is 10.6. The lowest BCUT2D eigenvalue weighted by Gasteiger charge is -2.07. The van der Waals surface area contributed by atoms with Gasteiger partial charge in [-0.15, -0.1) is 0 Å². The van der Waals surface area contributed by atoms with E-state index < -0.39 is 16.0 Å². The van der Waals surface area contributed by atoms with Gasteiger partial charge in [0.25, 0.3) is 5.69 Å². The van der Waals surface area contributed by atoms with Gasteiger partial charge in [0.05, 0.1) is 4.92 Å². The lowest BCUT2D eigenvalue weighted by Crippen LogP contribution is -1.97. The van der Waals surface area contributed by atoms with Crippen LogP contribution in [0.5, 0.6) is 0 Å². The van der Waals surface area contributed by atoms with Crippen LogP contribution in [0.3, 0.4) is 0 Å². The van der Waals surface area contributed by atoms with E-state index in [2.05, 4.69) is 0 Å². The summed E-state index contributed by atoms with van der Waals surface area (Å²) in [6.45, 7) is 1.41. The third kappa shape index (κ3) is 1.90. The molecule has 0 radical (unpaired) electrons. The molecule has 1 aromatic carbocycles. The molecule has 0 saturated carbocycles. The molecule has 1 atom stereocenters. The average molecular weight is 200 g/mol. The summed E-state index contributed by atoms with van der Waals surface area (Å²) >= 11 is -2.42. The predicted octanol–water partition coefficient (Wildman–Crippen LogP) is 1.14. The van der Waals surface area contributed by atoms with Crippen LogP contribution in [0, 0.1) is 17.0 Å². The Hall–Kier alpha value is -1.27. The van der Waals surface area contributed by atoms with Crippen molar-refractivity contribution in [2.45, 2.75) is 11.8 Å². The molecule has 0 heterocycles. The smallest absolute Gasteiger partial charge is 0.273 e. The maximum atomic E-state index is 10.6. The van der Waals surface area contributed by atoms with Crippen LogP contribution >= 0.6 is 0 Å². The second-order valence-electron chi connectivity index (χ2n) is 2.39. The molecule has 0 amide bonds. The highest BCUT2D eigenvalue weighted by atomic mass is 32.2. The molecular formula is C7H6NO4S-. The number of hydrogen-bond donors (Lipinski definition) is 0. The maximum Gasteiger partial charge on any atom is 0.273 e. The fraction of sp³-hybridized carbons (Fsp3) is 0.143. The molecule has 1 rings (SSSR count). The molecule has 1 unspecified atom stereocenters. The number of nitrogens with zero attached hydrogens (tertiary/aromatic N) is 1. The van der Waals surface area contributed by atoms with Crippen molar-refractivity contribution in [1.29, 1.82) is 0 Å². The number of rotatable bonds is 2. The Bertz CT molecular complexity index is 345. The Morgan fingerprint density at radius 1 is 1.46 bits per heavy atom. The first-order valence-electron chi connectivity index (χ1n) is 3.37. The SMILES string of the molecule is Cc1c([N+](=O)[O-])cccc1S(=O)[O-]. The predicted molar refractivity (Wildman–Crippen MR) is 45.0 cm³/mol. The van der Waals surface area contributed by atoms with Gasteiger partial charge < -0.3 is 4.55 Å². The van der Waals surface area contributed by atoms with Gasteiger partial charge in [-0.1, -0.05) is 6.07 Å². The van der Waals surface area contributed by atoms with Crippen LogP contribution in [0.25, 0.3) is 0 Å². The van der Waals surface area contributed by atoms with Gasteiger partial charge in [0, 0.05) is 16.5 Å². The zero-order chi connectivity index (χ0) is 10.0. The molecular weight excluding hydrogens is 194 g/mol. The number of benzene rings is 1. The molecule has 5 nitrogen and oxygen atoms in total. The Balaban J connectivity index is 3.35. The number of hydrogen-bond acceptors (Lipinski definition) is 4. The van der Waals surface area contributed by atoms with Crippen LogP contribution in [0.15, 0.2) is 23.1 Å². The third-order valence-corrected chi connectivity index (χ3v) is 2.43. The van der Waals surface area contributed by atoms with Crippen molar-refractivity contribution in [2.24, 2.45) is 0 Å². The number of nitro benzene ring substituents is 1. The second kappa shape index (κ2) is 3.63. The second-order valence-corrected chi connectivity index (χ2v) is 3.30. The fourth-order valence-corrected chi connectivity index (χ4v) is 1.53. The minimum Gasteiger partial charge on any atom is -0.768 e. The first kappa shape index (κ1) is 9.82. The summed E-state index contributed by atoms with van der Waals surface area (Å²) < 4.78 is 21.1. The topological polar surface area (TPSA) is 83.3 Å². The molecule has 70 valence electrons. The van der Waals surface area contributed by atoms with Crippen LogP contribution in [0.2, 0.25) is 0 Å². The molecule has 0 aliphatic heterocycles. The van der Waals surface area contributed by atoms with Crippen LogP contribution < -0.4 is 0 Å². The standard InChI is InChI=1S/C7H7NO4S/c1-5-6(8(9)10)3-2-4-7(5)13(11)12/h2-4H,1H3,(H,11,12)/p-1. The van der Waals surface area contributed by atoms with E-state index in [4.69, 9.17) is 0 Å². The van der Waals surface area contributed by atoms with Crippen LogP contribution in [0.1, 0.15) is 5.56 Å². The van der Waals surface area contributed by atoms with Crippen molar-refractivity contribution in [2.75, 3.05) is 0 Å². The Kier molecular flexibility index (Phi) is 2.74. The van der Waals surface area contributed by atoms with E-state index in [1.165, 1.54) is 25.1 Å². The van der Waals surface area contributed by atoms with E-state index >= 15 is 0 Å². The van der Waals surface area contributed by atoms with Gasteiger partial charge in [-0.3, -0.25) is 14.3 Å². The minimum atomic E-state index is -2.42. The highest BCUT2D eigenvalue weighted by Gasteiger charge is 2.12. The highest BCUT2D eigenvalue weighted by molar-refractivity contribution is 7.79. The van der Waals surface area contributed by atoms with E-state index in [1.807, 2.05) is 0 Å². The van der Waals surface area contributed by atoms with Crippen molar-refractivity contribution in [3.8, 4) is 0 Å². The Labute approximate surface area is 76.8 Å². The summed E-state index contributed by atoms with van der Waals surface area (Å²) in [6.07, 6.45) is 0. The van der Waals surface area contributed by atoms with Crippen molar-refractivity contribution >= 4 is 16.8 Å². The van der Waals surface area contributed by atoms with Gasteiger partial charge in [0.15, 0.2) is 0 Å². The van der Waals surface area contributed by atoms with Crippen molar-refractivity contribution < 1.29 is 13.7 Å². The summed E-state index contributed by atoms with van der Waals surface area (Å²) in [4.78, 5) is 9.76. The normalized spacial score (nSPS) is 12.5. The quantitative estimate of drug-likeness (QED) is 0.407. The van der Waals surface area contributed by atoms with Crippen LogP contribution in [-0.4, -0.2) is 13.7 Å². The molecule has 0 fully saturated rings. The van der Waals surface area contributed by atoms with E-state index in [1.54, 1.807) is 0 Å². The molecule has 0 aliphatic carbocycles. The first-order chi connectivity index (χ1) is 6.04. The summed E-state index contributed by atoms with van der Waals surface area (Å²) in [7, 11) is 0. The lowest BCUT2D eigenvalue weighted by molar-refractivity contribution is -0.385. The summed E-state index contributed by atoms with van der Waals surface area (Å²) in [6, 6.07) is 3.94. The van der Waals surface area contributed by atoms with Crippen LogP contribution in [-0.2, 0) is 11.1 Å². The molecule has 0 bridgehead atoms. The molecule has 0 aliphatic rings. The van der Waals surface area contributed by atoms with Crippen molar-refractivity contribution in [3.05, 3.63) is 33.9 Å². The lowest BCUT2D eigenvalue weighted by atomic mass is 10.2. The van der Waals surface area contributed by atoms with Gasteiger partial charge in [-0.2, -0.15) is 0 Å².